The first-order valence-corrected chi connectivity index (χ1v) is 8.96. The van der Waals surface area contributed by atoms with Crippen LogP contribution in [-0.2, 0) is 16.3 Å². The molecule has 0 aliphatic heterocycles. The van der Waals surface area contributed by atoms with Gasteiger partial charge in [-0.05, 0) is 6.92 Å². The maximum Gasteiger partial charge on any atom is 0.245 e. The molecule has 0 fully saturated rings. The Bertz CT molecular complexity index is 744. The lowest BCUT2D eigenvalue weighted by atomic mass is 10.3. The van der Waals surface area contributed by atoms with E-state index in [1.54, 1.807) is 4.57 Å². The van der Waals surface area contributed by atoms with E-state index >= 15 is 0 Å². The Balaban J connectivity index is 2.61. The van der Waals surface area contributed by atoms with Crippen molar-refractivity contribution in [1.82, 2.24) is 19.5 Å². The van der Waals surface area contributed by atoms with Crippen LogP contribution in [0.2, 0.25) is 0 Å². The summed E-state index contributed by atoms with van der Waals surface area (Å²) in [5.41, 5.74) is 1.07. The van der Waals surface area contributed by atoms with Gasteiger partial charge >= 0.3 is 0 Å². The molecule has 0 saturated heterocycles. The maximum atomic E-state index is 11.5. The minimum atomic E-state index is -3.12. The third kappa shape index (κ3) is 3.44. The molecule has 21 heavy (non-hydrogen) atoms. The summed E-state index contributed by atoms with van der Waals surface area (Å²) in [7, 11) is -1.62. The van der Waals surface area contributed by atoms with Gasteiger partial charge in [0.15, 0.2) is 11.2 Å². The number of aromatic nitrogens is 4. The summed E-state index contributed by atoms with van der Waals surface area (Å²) in [5.74, 6) is 1.42. The number of fused-ring (bicyclic) bond motifs is 1. The first kappa shape index (κ1) is 16.0. The van der Waals surface area contributed by atoms with Crippen molar-refractivity contribution in [3.05, 3.63) is 12.2 Å². The summed E-state index contributed by atoms with van der Waals surface area (Å²) in [5, 5.41) is 0. The largest absolute Gasteiger partial charge is 0.479 e. The van der Waals surface area contributed by atoms with Gasteiger partial charge in [0.1, 0.15) is 22.0 Å². The molecule has 2 rings (SSSR count). The highest BCUT2D eigenvalue weighted by Crippen LogP contribution is 2.25. The molecule has 0 saturated carbocycles. The fourth-order valence-electron chi connectivity index (χ4n) is 2.32. The Hall–Kier alpha value is -1.41. The highest BCUT2D eigenvalue weighted by Gasteiger charge is 2.22. The SMILES string of the molecule is COc1ncnc2c1nc(CCCl)n2C(C)CS(C)(=O)=O. The van der Waals surface area contributed by atoms with Gasteiger partial charge in [-0.1, -0.05) is 0 Å². The van der Waals surface area contributed by atoms with E-state index in [1.807, 2.05) is 6.92 Å². The quantitative estimate of drug-likeness (QED) is 0.739. The lowest BCUT2D eigenvalue weighted by Gasteiger charge is -2.15. The number of aryl methyl sites for hydroxylation is 1. The standard InChI is InChI=1S/C12H17ClN4O3S/c1-8(6-21(3,18)19)17-9(4-5-13)16-10-11(17)14-7-15-12(10)20-2/h7-8H,4-6H2,1-3H3. The third-order valence-corrected chi connectivity index (χ3v) is 4.29. The number of methoxy groups -OCH3 is 1. The Morgan fingerprint density at radius 2 is 2.14 bits per heavy atom. The molecule has 0 bridgehead atoms. The molecule has 7 nitrogen and oxygen atoms in total. The Morgan fingerprint density at radius 3 is 2.71 bits per heavy atom. The summed E-state index contributed by atoms with van der Waals surface area (Å²) in [6.45, 7) is 1.81. The molecule has 9 heteroatoms. The fraction of sp³-hybridized carbons (Fsp3) is 0.583. The summed E-state index contributed by atoms with van der Waals surface area (Å²) < 4.78 is 30.1. The zero-order chi connectivity index (χ0) is 15.6. The lowest BCUT2D eigenvalue weighted by molar-refractivity contribution is 0.401. The van der Waals surface area contributed by atoms with E-state index in [9.17, 15) is 8.42 Å². The Labute approximate surface area is 128 Å². The predicted octanol–water partition coefficient (Wildman–Crippen LogP) is 1.22. The van der Waals surface area contributed by atoms with Gasteiger partial charge in [0.05, 0.1) is 12.9 Å². The van der Waals surface area contributed by atoms with Crippen LogP contribution >= 0.6 is 11.6 Å². The monoisotopic (exact) mass is 332 g/mol. The van der Waals surface area contributed by atoms with Crippen molar-refractivity contribution in [3.63, 3.8) is 0 Å². The predicted molar refractivity (Wildman–Crippen MR) is 80.7 cm³/mol. The number of hydrogen-bond acceptors (Lipinski definition) is 6. The van der Waals surface area contributed by atoms with Crippen LogP contribution < -0.4 is 4.74 Å². The van der Waals surface area contributed by atoms with Crippen LogP contribution in [0.4, 0.5) is 0 Å². The van der Waals surface area contributed by atoms with E-state index < -0.39 is 9.84 Å². The van der Waals surface area contributed by atoms with Crippen molar-refractivity contribution in [2.75, 3.05) is 25.0 Å². The first-order valence-electron chi connectivity index (χ1n) is 6.37. The zero-order valence-corrected chi connectivity index (χ0v) is 13.6. The first-order chi connectivity index (χ1) is 9.87. The van der Waals surface area contributed by atoms with Gasteiger partial charge in [0.25, 0.3) is 0 Å². The molecular formula is C12H17ClN4O3S. The summed E-state index contributed by atoms with van der Waals surface area (Å²) in [6, 6.07) is -0.303. The number of rotatable bonds is 6. The van der Waals surface area contributed by atoms with E-state index in [0.717, 1.165) is 0 Å². The van der Waals surface area contributed by atoms with Crippen molar-refractivity contribution in [2.24, 2.45) is 0 Å². The molecule has 0 spiro atoms. The molecule has 2 aromatic rings. The van der Waals surface area contributed by atoms with Crippen molar-refractivity contribution in [2.45, 2.75) is 19.4 Å². The van der Waals surface area contributed by atoms with Gasteiger partial charge in [-0.2, -0.15) is 4.98 Å². The van der Waals surface area contributed by atoms with Crippen molar-refractivity contribution in [1.29, 1.82) is 0 Å². The van der Waals surface area contributed by atoms with E-state index in [2.05, 4.69) is 15.0 Å². The number of imidazole rings is 1. The number of ether oxygens (including phenoxy) is 1. The number of halogens is 1. The maximum absolute atomic E-state index is 11.5. The minimum Gasteiger partial charge on any atom is -0.479 e. The van der Waals surface area contributed by atoms with Crippen molar-refractivity contribution < 1.29 is 13.2 Å². The van der Waals surface area contributed by atoms with Gasteiger partial charge in [0.2, 0.25) is 5.88 Å². The molecule has 1 unspecified atom stereocenters. The average Bonchev–Trinajstić information content (AvgIpc) is 2.75. The number of sulfone groups is 1. The van der Waals surface area contributed by atoms with Crippen molar-refractivity contribution in [3.8, 4) is 5.88 Å². The smallest absolute Gasteiger partial charge is 0.245 e. The molecule has 0 radical (unpaired) electrons. The van der Waals surface area contributed by atoms with Gasteiger partial charge < -0.3 is 9.30 Å². The zero-order valence-electron chi connectivity index (χ0n) is 12.1. The van der Waals surface area contributed by atoms with Crippen LogP contribution in [0.5, 0.6) is 5.88 Å². The lowest BCUT2D eigenvalue weighted by Crippen LogP contribution is -2.19. The molecule has 2 heterocycles. The summed E-state index contributed by atoms with van der Waals surface area (Å²) in [6.07, 6.45) is 3.09. The average molecular weight is 333 g/mol. The number of nitrogens with zero attached hydrogens (tertiary/aromatic N) is 4. The highest BCUT2D eigenvalue weighted by molar-refractivity contribution is 7.90. The van der Waals surface area contributed by atoms with E-state index in [0.29, 0.717) is 35.2 Å². The normalized spacial score (nSPS) is 13.5. The molecule has 0 amide bonds. The topological polar surface area (TPSA) is 87.0 Å². The van der Waals surface area contributed by atoms with Crippen LogP contribution in [0.25, 0.3) is 11.2 Å². The van der Waals surface area contributed by atoms with Gasteiger partial charge in [-0.15, -0.1) is 11.6 Å². The van der Waals surface area contributed by atoms with Crippen LogP contribution in [0.15, 0.2) is 6.33 Å². The molecule has 0 aromatic carbocycles. The molecule has 0 N–H and O–H groups in total. The van der Waals surface area contributed by atoms with Gasteiger partial charge in [0, 0.05) is 24.6 Å². The molecule has 116 valence electrons. The Kier molecular flexibility index (Phi) is 4.67. The van der Waals surface area contributed by atoms with Crippen LogP contribution in [-0.4, -0.2) is 52.9 Å². The molecule has 2 aromatic heterocycles. The molecule has 0 aliphatic rings. The second-order valence-electron chi connectivity index (χ2n) is 4.83. The number of hydrogen-bond donors (Lipinski definition) is 0. The van der Waals surface area contributed by atoms with Gasteiger partial charge in [-0.3, -0.25) is 0 Å². The van der Waals surface area contributed by atoms with Crippen molar-refractivity contribution >= 4 is 32.6 Å². The summed E-state index contributed by atoms with van der Waals surface area (Å²) >= 11 is 5.81. The number of alkyl halides is 1. The van der Waals surface area contributed by atoms with Crippen LogP contribution in [0.1, 0.15) is 18.8 Å². The molecule has 1 atom stereocenters. The molecule has 0 aliphatic carbocycles. The summed E-state index contributed by atoms with van der Waals surface area (Å²) in [4.78, 5) is 12.7. The molecular weight excluding hydrogens is 316 g/mol. The third-order valence-electron chi connectivity index (χ3n) is 3.01. The second-order valence-corrected chi connectivity index (χ2v) is 7.40. The Morgan fingerprint density at radius 1 is 1.43 bits per heavy atom. The minimum absolute atomic E-state index is 0.0000635. The highest BCUT2D eigenvalue weighted by atomic mass is 35.5. The van der Waals surface area contributed by atoms with E-state index in [1.165, 1.54) is 19.7 Å². The van der Waals surface area contributed by atoms with Gasteiger partial charge in [-0.25, -0.2) is 18.4 Å². The van der Waals surface area contributed by atoms with E-state index in [4.69, 9.17) is 16.3 Å². The fourth-order valence-corrected chi connectivity index (χ4v) is 3.51. The van der Waals surface area contributed by atoms with Crippen LogP contribution in [0, 0.1) is 0 Å². The van der Waals surface area contributed by atoms with Crippen LogP contribution in [0.3, 0.4) is 0 Å². The van der Waals surface area contributed by atoms with E-state index in [-0.39, 0.29) is 11.8 Å². The second kappa shape index (κ2) is 6.15.